The van der Waals surface area contributed by atoms with Gasteiger partial charge in [0.1, 0.15) is 23.6 Å². The van der Waals surface area contributed by atoms with Gasteiger partial charge in [-0.25, -0.2) is 22.7 Å². The molecule has 1 unspecified atom stereocenters. The largest absolute Gasteiger partial charge is 0.356 e. The van der Waals surface area contributed by atoms with E-state index in [0.29, 0.717) is 19.1 Å². The standard InChI is InChI=1S/C21H31N5O3S/c1-15(27)17-4-3-11-26(12-17)30(28,29)13-16-5-7-18(8-6-16)25(2)21-19-9-10-22-20(19)23-14-24-21/h9-10,14,16-18H,3-8,11-13H2,1-2H3,(H,22,23,24). The molecule has 8 nitrogen and oxygen atoms in total. The minimum Gasteiger partial charge on any atom is -0.356 e. The van der Waals surface area contributed by atoms with Crippen LogP contribution in [0.1, 0.15) is 45.4 Å². The number of carbonyl (C=O) groups is 1. The number of rotatable bonds is 6. The SMILES string of the molecule is CC(=O)C1CCCN(S(=O)(=O)CC2CCC(N(C)c3ncnc4[nH]ccc34)CC2)C1. The maximum Gasteiger partial charge on any atom is 0.214 e. The van der Waals surface area contributed by atoms with Gasteiger partial charge in [-0.2, -0.15) is 0 Å². The molecule has 2 aliphatic rings. The van der Waals surface area contributed by atoms with Crippen LogP contribution in [0, 0.1) is 11.8 Å². The predicted octanol–water partition coefficient (Wildman–Crippen LogP) is 2.58. The number of aromatic nitrogens is 3. The summed E-state index contributed by atoms with van der Waals surface area (Å²) in [6, 6.07) is 2.33. The van der Waals surface area contributed by atoms with Crippen LogP contribution in [0.25, 0.3) is 11.0 Å². The van der Waals surface area contributed by atoms with Gasteiger partial charge < -0.3 is 9.88 Å². The zero-order chi connectivity index (χ0) is 21.3. The van der Waals surface area contributed by atoms with Crippen LogP contribution in [0.15, 0.2) is 18.6 Å². The number of piperidine rings is 1. The number of hydrogen-bond acceptors (Lipinski definition) is 6. The van der Waals surface area contributed by atoms with Crippen LogP contribution in [0.4, 0.5) is 5.82 Å². The number of anilines is 1. The van der Waals surface area contributed by atoms with Gasteiger partial charge in [0, 0.05) is 38.3 Å². The quantitative estimate of drug-likeness (QED) is 0.752. The Morgan fingerprint density at radius 2 is 2.00 bits per heavy atom. The number of nitrogens with one attached hydrogen (secondary N) is 1. The summed E-state index contributed by atoms with van der Waals surface area (Å²) < 4.78 is 27.5. The van der Waals surface area contributed by atoms with Crippen molar-refractivity contribution in [2.75, 3.05) is 30.8 Å². The van der Waals surface area contributed by atoms with E-state index in [1.165, 1.54) is 0 Å². The molecule has 1 aliphatic heterocycles. The molecule has 1 atom stereocenters. The van der Waals surface area contributed by atoms with Crippen molar-refractivity contribution >= 4 is 32.7 Å². The average Bonchev–Trinajstić information content (AvgIpc) is 3.22. The highest BCUT2D eigenvalue weighted by Gasteiger charge is 2.34. The van der Waals surface area contributed by atoms with Crippen molar-refractivity contribution in [3.8, 4) is 0 Å². The number of aromatic amines is 1. The van der Waals surface area contributed by atoms with E-state index in [0.717, 1.165) is 55.4 Å². The molecule has 0 aromatic carbocycles. The number of ketones is 1. The third kappa shape index (κ3) is 4.37. The zero-order valence-corrected chi connectivity index (χ0v) is 18.6. The van der Waals surface area contributed by atoms with Crippen LogP contribution in [-0.2, 0) is 14.8 Å². The number of sulfonamides is 1. The Hall–Kier alpha value is -2.00. The Bertz CT molecular complexity index is 997. The van der Waals surface area contributed by atoms with E-state index in [9.17, 15) is 13.2 Å². The fraction of sp³-hybridized carbons (Fsp3) is 0.667. The van der Waals surface area contributed by atoms with Crippen LogP contribution in [-0.4, -0.2) is 65.4 Å². The number of nitrogens with zero attached hydrogens (tertiary/aromatic N) is 4. The Morgan fingerprint density at radius 3 is 2.73 bits per heavy atom. The van der Waals surface area contributed by atoms with E-state index in [-0.39, 0.29) is 23.4 Å². The third-order valence-electron chi connectivity index (χ3n) is 6.83. The van der Waals surface area contributed by atoms with Gasteiger partial charge >= 0.3 is 0 Å². The lowest BCUT2D eigenvalue weighted by atomic mass is 9.86. The van der Waals surface area contributed by atoms with Crippen LogP contribution < -0.4 is 4.90 Å². The molecule has 9 heteroatoms. The van der Waals surface area contributed by atoms with Crippen molar-refractivity contribution in [1.29, 1.82) is 0 Å². The Labute approximate surface area is 178 Å². The molecule has 2 aromatic rings. The summed E-state index contributed by atoms with van der Waals surface area (Å²) in [5.41, 5.74) is 0.831. The summed E-state index contributed by atoms with van der Waals surface area (Å²) in [6.45, 7) is 2.47. The van der Waals surface area contributed by atoms with Crippen molar-refractivity contribution < 1.29 is 13.2 Å². The first-order valence-electron chi connectivity index (χ1n) is 10.8. The molecule has 0 bridgehead atoms. The molecule has 0 spiro atoms. The molecule has 2 fully saturated rings. The molecule has 1 N–H and O–H groups in total. The fourth-order valence-corrected chi connectivity index (χ4v) is 6.90. The van der Waals surface area contributed by atoms with E-state index < -0.39 is 10.0 Å². The molecule has 1 saturated heterocycles. The first kappa shape index (κ1) is 21.2. The van der Waals surface area contributed by atoms with Gasteiger partial charge in [-0.1, -0.05) is 0 Å². The van der Waals surface area contributed by atoms with Crippen LogP contribution in [0.2, 0.25) is 0 Å². The molecule has 4 rings (SSSR count). The molecule has 164 valence electrons. The van der Waals surface area contributed by atoms with Crippen molar-refractivity contribution in [1.82, 2.24) is 19.3 Å². The second-order valence-corrected chi connectivity index (χ2v) is 10.8. The topological polar surface area (TPSA) is 99.3 Å². The normalized spacial score (nSPS) is 26.0. The fourth-order valence-electron chi connectivity index (χ4n) is 4.94. The highest BCUT2D eigenvalue weighted by molar-refractivity contribution is 7.89. The van der Waals surface area contributed by atoms with Crippen molar-refractivity contribution in [3.63, 3.8) is 0 Å². The van der Waals surface area contributed by atoms with E-state index >= 15 is 0 Å². The van der Waals surface area contributed by atoms with Gasteiger partial charge in [-0.3, -0.25) is 4.79 Å². The Kier molecular flexibility index (Phi) is 6.11. The monoisotopic (exact) mass is 433 g/mol. The summed E-state index contributed by atoms with van der Waals surface area (Å²) in [4.78, 5) is 25.8. The molecule has 30 heavy (non-hydrogen) atoms. The smallest absolute Gasteiger partial charge is 0.214 e. The van der Waals surface area contributed by atoms with Crippen molar-refractivity contribution in [2.24, 2.45) is 11.8 Å². The van der Waals surface area contributed by atoms with Crippen molar-refractivity contribution in [2.45, 2.75) is 51.5 Å². The van der Waals surface area contributed by atoms with Crippen LogP contribution >= 0.6 is 0 Å². The summed E-state index contributed by atoms with van der Waals surface area (Å²) in [5.74, 6) is 1.25. The van der Waals surface area contributed by atoms with Crippen molar-refractivity contribution in [3.05, 3.63) is 18.6 Å². The maximum atomic E-state index is 13.0. The highest BCUT2D eigenvalue weighted by Crippen LogP contribution is 2.33. The van der Waals surface area contributed by atoms with Gasteiger partial charge in [0.2, 0.25) is 10.0 Å². The molecular formula is C21H31N5O3S. The number of Topliss-reactive ketones (excluding diaryl/α,β-unsaturated/α-hetero) is 1. The lowest BCUT2D eigenvalue weighted by Gasteiger charge is -2.36. The first-order chi connectivity index (χ1) is 14.3. The molecule has 2 aromatic heterocycles. The van der Waals surface area contributed by atoms with Gasteiger partial charge in [0.15, 0.2) is 0 Å². The van der Waals surface area contributed by atoms with E-state index in [1.54, 1.807) is 17.6 Å². The number of carbonyl (C=O) groups excluding carboxylic acids is 1. The minimum atomic E-state index is -3.32. The third-order valence-corrected chi connectivity index (χ3v) is 8.84. The Morgan fingerprint density at radius 1 is 1.23 bits per heavy atom. The average molecular weight is 434 g/mol. The van der Waals surface area contributed by atoms with Gasteiger partial charge in [0.25, 0.3) is 0 Å². The van der Waals surface area contributed by atoms with E-state index in [1.807, 2.05) is 12.3 Å². The lowest BCUT2D eigenvalue weighted by molar-refractivity contribution is -0.121. The Balaban J connectivity index is 1.35. The van der Waals surface area contributed by atoms with E-state index in [4.69, 9.17) is 0 Å². The minimum absolute atomic E-state index is 0.0969. The van der Waals surface area contributed by atoms with Gasteiger partial charge in [-0.15, -0.1) is 0 Å². The second-order valence-electron chi connectivity index (χ2n) is 8.81. The molecule has 1 aliphatic carbocycles. The second kappa shape index (κ2) is 8.63. The first-order valence-corrected chi connectivity index (χ1v) is 12.5. The number of hydrogen-bond donors (Lipinski definition) is 1. The molecule has 1 saturated carbocycles. The molecule has 0 radical (unpaired) electrons. The number of fused-ring (bicyclic) bond motifs is 1. The molecule has 0 amide bonds. The predicted molar refractivity (Wildman–Crippen MR) is 117 cm³/mol. The molecular weight excluding hydrogens is 402 g/mol. The number of H-pyrrole nitrogens is 1. The van der Waals surface area contributed by atoms with Crippen LogP contribution in [0.5, 0.6) is 0 Å². The molecule has 3 heterocycles. The van der Waals surface area contributed by atoms with E-state index in [2.05, 4.69) is 26.9 Å². The maximum absolute atomic E-state index is 13.0. The van der Waals surface area contributed by atoms with Crippen LogP contribution in [0.3, 0.4) is 0 Å². The zero-order valence-electron chi connectivity index (χ0n) is 17.7. The summed E-state index contributed by atoms with van der Waals surface area (Å²) in [7, 11) is -1.26. The van der Waals surface area contributed by atoms with Gasteiger partial charge in [0.05, 0.1) is 11.1 Å². The lowest BCUT2D eigenvalue weighted by Crippen LogP contribution is -2.44. The summed E-state index contributed by atoms with van der Waals surface area (Å²) in [6.07, 6.45) is 8.69. The van der Waals surface area contributed by atoms with Gasteiger partial charge in [-0.05, 0) is 57.4 Å². The summed E-state index contributed by atoms with van der Waals surface area (Å²) >= 11 is 0. The highest BCUT2D eigenvalue weighted by atomic mass is 32.2. The summed E-state index contributed by atoms with van der Waals surface area (Å²) in [5, 5.41) is 1.01.